The van der Waals surface area contributed by atoms with E-state index in [1.807, 2.05) is 4.90 Å². The number of carbonyl (C=O) groups is 2. The van der Waals surface area contributed by atoms with Gasteiger partial charge in [0.25, 0.3) is 0 Å². The molecule has 1 aliphatic heterocycles. The maximum Gasteiger partial charge on any atom is 0.239 e. The van der Waals surface area contributed by atoms with Gasteiger partial charge in [0.2, 0.25) is 11.8 Å². The van der Waals surface area contributed by atoms with E-state index in [4.69, 9.17) is 11.5 Å². The highest BCUT2D eigenvalue weighted by atomic mass is 16.2. The van der Waals surface area contributed by atoms with Crippen LogP contribution < -0.4 is 11.5 Å². The molecule has 0 aromatic rings. The highest BCUT2D eigenvalue weighted by molar-refractivity contribution is 5.81. The molecule has 0 aliphatic carbocycles. The fraction of sp³-hybridized carbons (Fsp3) is 0.857. The molecule has 1 aliphatic rings. The number of primary amides is 1. The van der Waals surface area contributed by atoms with Crippen molar-refractivity contribution in [1.29, 1.82) is 0 Å². The molecule has 1 unspecified atom stereocenters. The molecule has 4 N–H and O–H groups in total. The maximum atomic E-state index is 12.2. The topological polar surface area (TPSA) is 89.4 Å². The molecular formula is C14H27N3O2. The molecule has 2 atom stereocenters. The Labute approximate surface area is 115 Å². The summed E-state index contributed by atoms with van der Waals surface area (Å²) >= 11 is 0. The molecule has 0 radical (unpaired) electrons. The van der Waals surface area contributed by atoms with Crippen molar-refractivity contribution in [3.8, 4) is 0 Å². The number of amides is 2. The van der Waals surface area contributed by atoms with Crippen LogP contribution >= 0.6 is 0 Å². The average molecular weight is 269 g/mol. The summed E-state index contributed by atoms with van der Waals surface area (Å²) in [4.78, 5) is 24.9. The Morgan fingerprint density at radius 1 is 1.37 bits per heavy atom. The van der Waals surface area contributed by atoms with E-state index in [1.165, 1.54) is 0 Å². The number of rotatable bonds is 6. The van der Waals surface area contributed by atoms with Crippen LogP contribution in [0.4, 0.5) is 0 Å². The summed E-state index contributed by atoms with van der Waals surface area (Å²) in [5, 5.41) is 0. The normalized spacial score (nSPS) is 21.5. The number of piperidine rings is 1. The molecule has 0 saturated carbocycles. The molecule has 0 bridgehead atoms. The summed E-state index contributed by atoms with van der Waals surface area (Å²) < 4.78 is 0. The van der Waals surface area contributed by atoms with Crippen LogP contribution in [0.5, 0.6) is 0 Å². The van der Waals surface area contributed by atoms with Crippen molar-refractivity contribution in [1.82, 2.24) is 4.90 Å². The SMILES string of the molecule is CC(C)C[C@H](N)C(=O)N1CCCC(CCC(N)=O)C1. The highest BCUT2D eigenvalue weighted by Crippen LogP contribution is 2.21. The van der Waals surface area contributed by atoms with E-state index in [0.29, 0.717) is 18.3 Å². The first-order valence-corrected chi connectivity index (χ1v) is 7.22. The Kier molecular flexibility index (Phi) is 6.28. The summed E-state index contributed by atoms with van der Waals surface area (Å²) in [6.45, 7) is 5.65. The zero-order valence-electron chi connectivity index (χ0n) is 12.1. The maximum absolute atomic E-state index is 12.2. The number of hydrogen-bond acceptors (Lipinski definition) is 3. The second-order valence-electron chi connectivity index (χ2n) is 6.03. The fourth-order valence-electron chi connectivity index (χ4n) is 2.69. The van der Waals surface area contributed by atoms with E-state index < -0.39 is 6.04 Å². The van der Waals surface area contributed by atoms with Crippen molar-refractivity contribution < 1.29 is 9.59 Å². The summed E-state index contributed by atoms with van der Waals surface area (Å²) in [5.41, 5.74) is 11.1. The van der Waals surface area contributed by atoms with Gasteiger partial charge in [0, 0.05) is 19.5 Å². The third-order valence-corrected chi connectivity index (χ3v) is 3.67. The lowest BCUT2D eigenvalue weighted by molar-refractivity contribution is -0.134. The molecule has 5 heteroatoms. The molecule has 1 rings (SSSR count). The molecule has 1 fully saturated rings. The van der Waals surface area contributed by atoms with Gasteiger partial charge in [-0.25, -0.2) is 0 Å². The van der Waals surface area contributed by atoms with Crippen LogP contribution in [0, 0.1) is 11.8 Å². The summed E-state index contributed by atoms with van der Waals surface area (Å²) in [7, 11) is 0. The van der Waals surface area contributed by atoms with Crippen molar-refractivity contribution in [2.24, 2.45) is 23.3 Å². The van der Waals surface area contributed by atoms with Gasteiger partial charge in [-0.15, -0.1) is 0 Å². The lowest BCUT2D eigenvalue weighted by Crippen LogP contribution is -2.48. The van der Waals surface area contributed by atoms with Gasteiger partial charge in [-0.1, -0.05) is 13.8 Å². The van der Waals surface area contributed by atoms with Crippen molar-refractivity contribution in [2.75, 3.05) is 13.1 Å². The number of hydrogen-bond donors (Lipinski definition) is 2. The first-order chi connectivity index (χ1) is 8.90. The van der Waals surface area contributed by atoms with Crippen LogP contribution in [0.3, 0.4) is 0 Å². The fourth-order valence-corrected chi connectivity index (χ4v) is 2.69. The minimum atomic E-state index is -0.394. The van der Waals surface area contributed by atoms with Crippen molar-refractivity contribution in [3.63, 3.8) is 0 Å². The summed E-state index contributed by atoms with van der Waals surface area (Å²) in [6, 6.07) is -0.394. The van der Waals surface area contributed by atoms with E-state index in [-0.39, 0.29) is 11.8 Å². The molecular weight excluding hydrogens is 242 g/mol. The molecule has 1 saturated heterocycles. The zero-order chi connectivity index (χ0) is 14.4. The lowest BCUT2D eigenvalue weighted by Gasteiger charge is -2.34. The standard InChI is InChI=1S/C14H27N3O2/c1-10(2)8-12(15)14(19)17-7-3-4-11(9-17)5-6-13(16)18/h10-12H,3-9,15H2,1-2H3,(H2,16,18)/t11?,12-/m0/s1. The van der Waals surface area contributed by atoms with E-state index in [1.54, 1.807) is 0 Å². The van der Waals surface area contributed by atoms with Gasteiger partial charge >= 0.3 is 0 Å². The average Bonchev–Trinajstić information content (AvgIpc) is 2.35. The third kappa shape index (κ3) is 5.59. The highest BCUT2D eigenvalue weighted by Gasteiger charge is 2.27. The van der Waals surface area contributed by atoms with Gasteiger partial charge in [0.1, 0.15) is 0 Å². The molecule has 0 spiro atoms. The monoisotopic (exact) mass is 269 g/mol. The molecule has 19 heavy (non-hydrogen) atoms. The number of carbonyl (C=O) groups excluding carboxylic acids is 2. The first-order valence-electron chi connectivity index (χ1n) is 7.22. The van der Waals surface area contributed by atoms with Gasteiger partial charge in [-0.2, -0.15) is 0 Å². The second kappa shape index (κ2) is 7.48. The quantitative estimate of drug-likeness (QED) is 0.749. The molecule has 110 valence electrons. The Morgan fingerprint density at radius 3 is 2.63 bits per heavy atom. The largest absolute Gasteiger partial charge is 0.370 e. The molecule has 0 aromatic carbocycles. The van der Waals surface area contributed by atoms with Gasteiger partial charge < -0.3 is 16.4 Å². The predicted molar refractivity (Wildman–Crippen MR) is 75.2 cm³/mol. The number of nitrogens with two attached hydrogens (primary N) is 2. The number of nitrogens with zero attached hydrogens (tertiary/aromatic N) is 1. The van der Waals surface area contributed by atoms with Gasteiger partial charge in [0.15, 0.2) is 0 Å². The molecule has 0 aromatic heterocycles. The van der Waals surface area contributed by atoms with Gasteiger partial charge in [-0.05, 0) is 37.5 Å². The Hall–Kier alpha value is -1.10. The van der Waals surface area contributed by atoms with Crippen molar-refractivity contribution in [3.05, 3.63) is 0 Å². The minimum absolute atomic E-state index is 0.0532. The van der Waals surface area contributed by atoms with Crippen LogP contribution in [0.1, 0.15) is 46.0 Å². The summed E-state index contributed by atoms with van der Waals surface area (Å²) in [5.74, 6) is 0.600. The molecule has 1 heterocycles. The van der Waals surface area contributed by atoms with Crippen LogP contribution in [-0.4, -0.2) is 35.8 Å². The van der Waals surface area contributed by atoms with Crippen molar-refractivity contribution >= 4 is 11.8 Å². The summed E-state index contributed by atoms with van der Waals surface area (Å²) in [6.07, 6.45) is 3.96. The smallest absolute Gasteiger partial charge is 0.239 e. The van der Waals surface area contributed by atoms with Crippen LogP contribution in [0.2, 0.25) is 0 Å². The predicted octanol–water partition coefficient (Wildman–Crippen LogP) is 0.864. The van der Waals surface area contributed by atoms with Crippen LogP contribution in [-0.2, 0) is 9.59 Å². The minimum Gasteiger partial charge on any atom is -0.370 e. The van der Waals surface area contributed by atoms with E-state index in [0.717, 1.165) is 38.8 Å². The first kappa shape index (κ1) is 16.0. The molecule has 5 nitrogen and oxygen atoms in total. The van der Waals surface area contributed by atoms with Crippen molar-refractivity contribution in [2.45, 2.75) is 52.0 Å². The van der Waals surface area contributed by atoms with Crippen LogP contribution in [0.15, 0.2) is 0 Å². The van der Waals surface area contributed by atoms with Gasteiger partial charge in [0.05, 0.1) is 6.04 Å². The Bertz CT molecular complexity index is 318. The zero-order valence-corrected chi connectivity index (χ0v) is 12.1. The van der Waals surface area contributed by atoms with E-state index >= 15 is 0 Å². The van der Waals surface area contributed by atoms with Gasteiger partial charge in [-0.3, -0.25) is 9.59 Å². The Balaban J connectivity index is 2.44. The lowest BCUT2D eigenvalue weighted by atomic mass is 9.92. The second-order valence-corrected chi connectivity index (χ2v) is 6.03. The molecule has 2 amide bonds. The number of likely N-dealkylation sites (tertiary alicyclic amines) is 1. The van der Waals surface area contributed by atoms with Crippen LogP contribution in [0.25, 0.3) is 0 Å². The van der Waals surface area contributed by atoms with E-state index in [2.05, 4.69) is 13.8 Å². The third-order valence-electron chi connectivity index (χ3n) is 3.67. The Morgan fingerprint density at radius 2 is 2.05 bits per heavy atom. The van der Waals surface area contributed by atoms with E-state index in [9.17, 15) is 9.59 Å².